The summed E-state index contributed by atoms with van der Waals surface area (Å²) < 4.78 is 28.0. The number of hydrogen-bond acceptors (Lipinski definition) is 4. The molecule has 0 bridgehead atoms. The third kappa shape index (κ3) is 3.24. The highest BCUT2D eigenvalue weighted by Gasteiger charge is 2.19. The van der Waals surface area contributed by atoms with Gasteiger partial charge in [-0.05, 0) is 12.1 Å². The van der Waals surface area contributed by atoms with Crippen LogP contribution in [0.15, 0.2) is 35.5 Å². The summed E-state index contributed by atoms with van der Waals surface area (Å²) in [6, 6.07) is 4.67. The van der Waals surface area contributed by atoms with Crippen molar-refractivity contribution in [1.82, 2.24) is 9.78 Å². The van der Waals surface area contributed by atoms with Gasteiger partial charge in [0.2, 0.25) is 0 Å². The van der Waals surface area contributed by atoms with Crippen LogP contribution in [0.5, 0.6) is 0 Å². The van der Waals surface area contributed by atoms with Crippen LogP contribution < -0.4 is 4.72 Å². The first-order valence-electron chi connectivity index (χ1n) is 5.54. The van der Waals surface area contributed by atoms with Crippen LogP contribution in [0.25, 0.3) is 0 Å². The first kappa shape index (κ1) is 15.1. The van der Waals surface area contributed by atoms with E-state index in [-0.39, 0.29) is 33.8 Å². The summed E-state index contributed by atoms with van der Waals surface area (Å²) in [4.78, 5) is -0.0399. The molecule has 20 heavy (non-hydrogen) atoms. The number of para-hydroxylation sites is 1. The van der Waals surface area contributed by atoms with Crippen molar-refractivity contribution in [2.75, 3.05) is 11.3 Å². The molecule has 1 heterocycles. The van der Waals surface area contributed by atoms with E-state index >= 15 is 0 Å². The summed E-state index contributed by atoms with van der Waals surface area (Å²) in [5.74, 6) is 0. The number of aromatic nitrogens is 2. The normalized spacial score (nSPS) is 11.6. The van der Waals surface area contributed by atoms with E-state index in [0.717, 1.165) is 0 Å². The molecule has 0 aliphatic rings. The molecule has 108 valence electrons. The fourth-order valence-electron chi connectivity index (χ4n) is 1.50. The molecule has 2 N–H and O–H groups in total. The van der Waals surface area contributed by atoms with Gasteiger partial charge in [-0.25, -0.2) is 8.42 Å². The molecule has 1 aromatic heterocycles. The third-order valence-corrected chi connectivity index (χ3v) is 4.38. The summed E-state index contributed by atoms with van der Waals surface area (Å²) in [6.45, 7) is 0.0767. The third-order valence-electron chi connectivity index (χ3n) is 2.45. The average molecular weight is 336 g/mol. The molecule has 0 fully saturated rings. The lowest BCUT2D eigenvalue weighted by Crippen LogP contribution is -2.13. The van der Waals surface area contributed by atoms with Gasteiger partial charge in [-0.15, -0.1) is 0 Å². The highest BCUT2D eigenvalue weighted by atomic mass is 35.5. The number of anilines is 1. The topological polar surface area (TPSA) is 84.2 Å². The zero-order valence-corrected chi connectivity index (χ0v) is 12.5. The molecule has 0 aliphatic heterocycles. The van der Waals surface area contributed by atoms with E-state index in [0.29, 0.717) is 0 Å². The maximum absolute atomic E-state index is 12.2. The maximum Gasteiger partial charge on any atom is 0.265 e. The molecular formula is C11H11Cl2N3O3S. The van der Waals surface area contributed by atoms with E-state index in [1.54, 1.807) is 6.07 Å². The summed E-state index contributed by atoms with van der Waals surface area (Å²) in [5.41, 5.74) is 0.116. The van der Waals surface area contributed by atoms with Crippen LogP contribution >= 0.6 is 23.2 Å². The molecule has 0 amide bonds. The molecule has 2 aromatic rings. The Labute approximate surface area is 126 Å². The number of rotatable bonds is 5. The van der Waals surface area contributed by atoms with Gasteiger partial charge in [0.1, 0.15) is 4.90 Å². The van der Waals surface area contributed by atoms with Crippen molar-refractivity contribution in [2.45, 2.75) is 11.4 Å². The Bertz CT molecular complexity index is 695. The monoisotopic (exact) mass is 335 g/mol. The van der Waals surface area contributed by atoms with Crippen LogP contribution in [0.3, 0.4) is 0 Å². The van der Waals surface area contributed by atoms with E-state index < -0.39 is 10.0 Å². The van der Waals surface area contributed by atoms with Crippen molar-refractivity contribution in [3.05, 3.63) is 40.6 Å². The first-order chi connectivity index (χ1) is 9.44. The number of hydrogen-bond donors (Lipinski definition) is 2. The van der Waals surface area contributed by atoms with E-state index in [1.165, 1.54) is 29.2 Å². The summed E-state index contributed by atoms with van der Waals surface area (Å²) in [5, 5.41) is 13.0. The Morgan fingerprint density at radius 1 is 1.30 bits per heavy atom. The highest BCUT2D eigenvalue weighted by molar-refractivity contribution is 7.92. The molecule has 0 saturated carbocycles. The van der Waals surface area contributed by atoms with Gasteiger partial charge in [0, 0.05) is 6.20 Å². The van der Waals surface area contributed by atoms with Crippen molar-refractivity contribution in [1.29, 1.82) is 0 Å². The second-order valence-electron chi connectivity index (χ2n) is 3.86. The minimum atomic E-state index is -3.84. The molecule has 0 aliphatic carbocycles. The number of aliphatic hydroxyl groups is 1. The predicted molar refractivity (Wildman–Crippen MR) is 76.6 cm³/mol. The van der Waals surface area contributed by atoms with Gasteiger partial charge in [0.15, 0.2) is 0 Å². The van der Waals surface area contributed by atoms with Crippen molar-refractivity contribution in [2.24, 2.45) is 0 Å². The molecule has 2 rings (SSSR count). The molecule has 0 radical (unpaired) electrons. The minimum Gasteiger partial charge on any atom is -0.394 e. The Morgan fingerprint density at radius 3 is 2.55 bits per heavy atom. The zero-order chi connectivity index (χ0) is 14.8. The summed E-state index contributed by atoms with van der Waals surface area (Å²) in [6.07, 6.45) is 2.49. The smallest absolute Gasteiger partial charge is 0.265 e. The Balaban J connectivity index is 2.31. The zero-order valence-electron chi connectivity index (χ0n) is 10.1. The van der Waals surface area contributed by atoms with Crippen LogP contribution in [0.2, 0.25) is 10.0 Å². The Hall–Kier alpha value is -1.28. The van der Waals surface area contributed by atoms with E-state index in [9.17, 15) is 8.42 Å². The number of nitrogens with zero attached hydrogens (tertiary/aromatic N) is 2. The van der Waals surface area contributed by atoms with E-state index in [4.69, 9.17) is 28.3 Å². The van der Waals surface area contributed by atoms with Gasteiger partial charge in [0.05, 0.1) is 35.1 Å². The lowest BCUT2D eigenvalue weighted by atomic mass is 10.3. The second kappa shape index (κ2) is 6.01. The minimum absolute atomic E-state index is 0.0399. The number of halogens is 2. The van der Waals surface area contributed by atoms with Gasteiger partial charge in [0.25, 0.3) is 10.0 Å². The number of nitrogens with one attached hydrogen (secondary N) is 1. The van der Waals surface area contributed by atoms with Gasteiger partial charge < -0.3 is 5.11 Å². The standard InChI is InChI=1S/C11H11Cl2N3O3S/c12-9-2-1-3-10(13)11(9)15-20(18,19)8-6-14-16(7-8)4-5-17/h1-3,6-7,15,17H,4-5H2. The predicted octanol–water partition coefficient (Wildman–Crippen LogP) is 1.98. The van der Waals surface area contributed by atoms with Crippen LogP contribution in [0.4, 0.5) is 5.69 Å². The molecular weight excluding hydrogens is 325 g/mol. The van der Waals surface area contributed by atoms with Gasteiger partial charge >= 0.3 is 0 Å². The largest absolute Gasteiger partial charge is 0.394 e. The molecule has 0 atom stereocenters. The van der Waals surface area contributed by atoms with Crippen molar-refractivity contribution in [3.63, 3.8) is 0 Å². The van der Waals surface area contributed by atoms with E-state index in [2.05, 4.69) is 9.82 Å². The molecule has 9 heteroatoms. The lowest BCUT2D eigenvalue weighted by molar-refractivity contribution is 0.269. The fraction of sp³-hybridized carbons (Fsp3) is 0.182. The quantitative estimate of drug-likeness (QED) is 0.874. The van der Waals surface area contributed by atoms with Gasteiger partial charge in [-0.3, -0.25) is 9.40 Å². The van der Waals surface area contributed by atoms with Crippen molar-refractivity contribution < 1.29 is 13.5 Å². The van der Waals surface area contributed by atoms with E-state index in [1.807, 2.05) is 0 Å². The molecule has 0 unspecified atom stereocenters. The first-order valence-corrected chi connectivity index (χ1v) is 7.78. The van der Waals surface area contributed by atoms with Crippen molar-refractivity contribution >= 4 is 38.9 Å². The van der Waals surface area contributed by atoms with Crippen LogP contribution in [-0.2, 0) is 16.6 Å². The number of aliphatic hydroxyl groups excluding tert-OH is 1. The molecule has 1 aromatic carbocycles. The van der Waals surface area contributed by atoms with Crippen LogP contribution in [0.1, 0.15) is 0 Å². The highest BCUT2D eigenvalue weighted by Crippen LogP contribution is 2.31. The number of sulfonamides is 1. The summed E-state index contributed by atoms with van der Waals surface area (Å²) in [7, 11) is -3.84. The Morgan fingerprint density at radius 2 is 1.95 bits per heavy atom. The average Bonchev–Trinajstić information content (AvgIpc) is 2.84. The van der Waals surface area contributed by atoms with Crippen LogP contribution in [0, 0.1) is 0 Å². The van der Waals surface area contributed by atoms with Crippen LogP contribution in [-0.4, -0.2) is 29.9 Å². The molecule has 0 saturated heterocycles. The molecule has 0 spiro atoms. The SMILES string of the molecule is O=S(=O)(Nc1c(Cl)cccc1Cl)c1cnn(CCO)c1. The lowest BCUT2D eigenvalue weighted by Gasteiger charge is -2.09. The van der Waals surface area contributed by atoms with Gasteiger partial charge in [-0.1, -0.05) is 29.3 Å². The second-order valence-corrected chi connectivity index (χ2v) is 6.36. The van der Waals surface area contributed by atoms with Gasteiger partial charge in [-0.2, -0.15) is 5.10 Å². The summed E-state index contributed by atoms with van der Waals surface area (Å²) >= 11 is 11.8. The van der Waals surface area contributed by atoms with Crippen molar-refractivity contribution in [3.8, 4) is 0 Å². The Kier molecular flexibility index (Phi) is 4.54. The number of benzene rings is 1. The fourth-order valence-corrected chi connectivity index (χ4v) is 3.15. The molecule has 6 nitrogen and oxygen atoms in total. The maximum atomic E-state index is 12.2.